The fourth-order valence-electron chi connectivity index (χ4n) is 3.43. The molecule has 1 saturated heterocycles. The van der Waals surface area contributed by atoms with Crippen molar-refractivity contribution in [1.82, 2.24) is 19.2 Å². The first kappa shape index (κ1) is 18.8. The molecular weight excluding hydrogens is 348 g/mol. The SMILES string of the molecule is CCOC(=O)[C@H]1CCCN(Cn2ncn([C@H](C)c3ccccc3)c2=S)C1. The minimum Gasteiger partial charge on any atom is -0.466 e. The molecule has 140 valence electrons. The largest absolute Gasteiger partial charge is 0.466 e. The Balaban J connectivity index is 1.68. The molecule has 6 nitrogen and oxygen atoms in total. The number of esters is 1. The lowest BCUT2D eigenvalue weighted by atomic mass is 9.99. The standard InChI is InChI=1S/C19H26N4O2S/c1-3-25-18(24)17-10-7-11-21(12-17)14-23-19(26)22(13-20-23)15(2)16-8-5-4-6-9-16/h4-6,8-9,13,15,17H,3,7,10-12,14H2,1-2H3/t15-,17+/m1/s1. The Hall–Kier alpha value is -1.99. The fourth-order valence-corrected chi connectivity index (χ4v) is 3.74. The number of benzene rings is 1. The highest BCUT2D eigenvalue weighted by atomic mass is 32.1. The second kappa shape index (κ2) is 8.60. The van der Waals surface area contributed by atoms with Crippen molar-refractivity contribution in [3.05, 3.63) is 47.0 Å². The highest BCUT2D eigenvalue weighted by Gasteiger charge is 2.27. The van der Waals surface area contributed by atoms with E-state index < -0.39 is 0 Å². The van der Waals surface area contributed by atoms with Crippen LogP contribution in [-0.2, 0) is 16.2 Å². The third-order valence-electron chi connectivity index (χ3n) is 4.92. The van der Waals surface area contributed by atoms with E-state index in [1.54, 1.807) is 6.33 Å². The number of piperidine rings is 1. The molecule has 1 aliphatic heterocycles. The van der Waals surface area contributed by atoms with Gasteiger partial charge in [-0.1, -0.05) is 30.3 Å². The number of rotatable bonds is 6. The maximum Gasteiger partial charge on any atom is 0.310 e. The van der Waals surface area contributed by atoms with Crippen molar-refractivity contribution in [2.45, 2.75) is 39.4 Å². The van der Waals surface area contributed by atoms with E-state index in [1.807, 2.05) is 34.4 Å². The van der Waals surface area contributed by atoms with E-state index in [2.05, 4.69) is 29.1 Å². The van der Waals surface area contributed by atoms with E-state index in [-0.39, 0.29) is 17.9 Å². The van der Waals surface area contributed by atoms with E-state index >= 15 is 0 Å². The Kier molecular flexibility index (Phi) is 6.21. The van der Waals surface area contributed by atoms with Crippen LogP contribution in [0.25, 0.3) is 0 Å². The molecule has 1 aliphatic rings. The summed E-state index contributed by atoms with van der Waals surface area (Å²) in [4.78, 5) is 14.2. The highest BCUT2D eigenvalue weighted by molar-refractivity contribution is 7.71. The molecule has 0 bridgehead atoms. The highest BCUT2D eigenvalue weighted by Crippen LogP contribution is 2.20. The molecule has 3 rings (SSSR count). The van der Waals surface area contributed by atoms with Crippen molar-refractivity contribution in [3.63, 3.8) is 0 Å². The van der Waals surface area contributed by atoms with Crippen LogP contribution in [-0.4, -0.2) is 44.9 Å². The molecule has 0 N–H and O–H groups in total. The van der Waals surface area contributed by atoms with Gasteiger partial charge in [0.1, 0.15) is 6.33 Å². The van der Waals surface area contributed by atoms with Crippen molar-refractivity contribution in [3.8, 4) is 0 Å². The van der Waals surface area contributed by atoms with E-state index in [9.17, 15) is 4.79 Å². The first-order valence-corrected chi connectivity index (χ1v) is 9.59. The third-order valence-corrected chi connectivity index (χ3v) is 5.34. The second-order valence-corrected chi connectivity index (χ2v) is 7.08. The lowest BCUT2D eigenvalue weighted by Gasteiger charge is -2.31. The van der Waals surface area contributed by atoms with Crippen LogP contribution in [0.1, 0.15) is 38.3 Å². The lowest BCUT2D eigenvalue weighted by molar-refractivity contribution is -0.150. The zero-order chi connectivity index (χ0) is 18.5. The average molecular weight is 375 g/mol. The molecule has 2 aromatic rings. The summed E-state index contributed by atoms with van der Waals surface area (Å²) in [5, 5.41) is 4.48. The van der Waals surface area contributed by atoms with Gasteiger partial charge >= 0.3 is 5.97 Å². The zero-order valence-corrected chi connectivity index (χ0v) is 16.2. The molecule has 0 radical (unpaired) electrons. The minimum atomic E-state index is -0.0935. The number of hydrogen-bond acceptors (Lipinski definition) is 5. The van der Waals surface area contributed by atoms with Crippen molar-refractivity contribution in [1.29, 1.82) is 0 Å². The summed E-state index contributed by atoms with van der Waals surface area (Å²) in [5.41, 5.74) is 1.20. The number of carbonyl (C=O) groups excluding carboxylic acids is 1. The van der Waals surface area contributed by atoms with Gasteiger partial charge in [0.25, 0.3) is 0 Å². The van der Waals surface area contributed by atoms with Crippen molar-refractivity contribution < 1.29 is 9.53 Å². The molecule has 0 unspecified atom stereocenters. The van der Waals surface area contributed by atoms with Crippen molar-refractivity contribution >= 4 is 18.2 Å². The van der Waals surface area contributed by atoms with Gasteiger partial charge in [-0.3, -0.25) is 14.3 Å². The molecule has 1 fully saturated rings. The maximum absolute atomic E-state index is 12.0. The Morgan fingerprint density at radius 1 is 1.38 bits per heavy atom. The molecule has 0 saturated carbocycles. The minimum absolute atomic E-state index is 0.0526. The summed E-state index contributed by atoms with van der Waals surface area (Å²) in [6, 6.07) is 10.4. The predicted octanol–water partition coefficient (Wildman–Crippen LogP) is 3.26. The van der Waals surface area contributed by atoms with E-state index in [1.165, 1.54) is 5.56 Å². The van der Waals surface area contributed by atoms with Crippen molar-refractivity contribution in [2.75, 3.05) is 19.7 Å². The van der Waals surface area contributed by atoms with Gasteiger partial charge in [0, 0.05) is 6.54 Å². The van der Waals surface area contributed by atoms with Gasteiger partial charge in [-0.25, -0.2) is 4.68 Å². The van der Waals surface area contributed by atoms with E-state index in [4.69, 9.17) is 17.0 Å². The molecule has 2 atom stereocenters. The first-order chi connectivity index (χ1) is 12.6. The van der Waals surface area contributed by atoms with Crippen LogP contribution >= 0.6 is 12.2 Å². The van der Waals surface area contributed by atoms with Gasteiger partial charge in [-0.2, -0.15) is 5.10 Å². The summed E-state index contributed by atoms with van der Waals surface area (Å²) >= 11 is 5.64. The third kappa shape index (κ3) is 4.22. The van der Waals surface area contributed by atoms with Gasteiger partial charge in [0.15, 0.2) is 4.77 Å². The molecule has 7 heteroatoms. The van der Waals surface area contributed by atoms with Crippen LogP contribution in [0.15, 0.2) is 36.7 Å². The normalized spacial score (nSPS) is 19.2. The molecule has 1 aromatic heterocycles. The van der Waals surface area contributed by atoms with Gasteiger partial charge in [-0.15, -0.1) is 0 Å². The molecule has 1 aromatic carbocycles. The van der Waals surface area contributed by atoms with Crippen molar-refractivity contribution in [2.24, 2.45) is 5.92 Å². The summed E-state index contributed by atoms with van der Waals surface area (Å²) in [5.74, 6) is -0.146. The zero-order valence-electron chi connectivity index (χ0n) is 15.4. The maximum atomic E-state index is 12.0. The predicted molar refractivity (Wildman–Crippen MR) is 102 cm³/mol. The van der Waals surface area contributed by atoms with Crippen LogP contribution in [0.3, 0.4) is 0 Å². The number of ether oxygens (including phenoxy) is 1. The Morgan fingerprint density at radius 3 is 2.88 bits per heavy atom. The summed E-state index contributed by atoms with van der Waals surface area (Å²) in [7, 11) is 0. The molecule has 0 spiro atoms. The topological polar surface area (TPSA) is 52.3 Å². The Bertz CT molecular complexity index is 786. The molecule has 0 aliphatic carbocycles. The molecule has 2 heterocycles. The molecule has 0 amide bonds. The van der Waals surface area contributed by atoms with Crippen LogP contribution in [0, 0.1) is 10.7 Å². The smallest absolute Gasteiger partial charge is 0.310 e. The van der Waals surface area contributed by atoms with Crippen LogP contribution in [0.2, 0.25) is 0 Å². The van der Waals surface area contributed by atoms with Gasteiger partial charge in [-0.05, 0) is 51.0 Å². The average Bonchev–Trinajstić information content (AvgIpc) is 3.03. The van der Waals surface area contributed by atoms with Gasteiger partial charge in [0.2, 0.25) is 0 Å². The van der Waals surface area contributed by atoms with Crippen LogP contribution in [0.4, 0.5) is 0 Å². The first-order valence-electron chi connectivity index (χ1n) is 9.18. The monoisotopic (exact) mass is 374 g/mol. The number of hydrogen-bond donors (Lipinski definition) is 0. The van der Waals surface area contributed by atoms with E-state index in [0.717, 1.165) is 19.4 Å². The van der Waals surface area contributed by atoms with Crippen LogP contribution < -0.4 is 0 Å². The van der Waals surface area contributed by atoms with Gasteiger partial charge in [0.05, 0.1) is 25.2 Å². The fraction of sp³-hybridized carbons (Fsp3) is 0.526. The summed E-state index contributed by atoms with van der Waals surface area (Å²) < 4.78 is 9.72. The number of nitrogens with zero attached hydrogens (tertiary/aromatic N) is 4. The summed E-state index contributed by atoms with van der Waals surface area (Å²) in [6.07, 6.45) is 3.67. The number of likely N-dealkylation sites (tertiary alicyclic amines) is 1. The molecular formula is C19H26N4O2S. The Labute approximate surface area is 159 Å². The van der Waals surface area contributed by atoms with Crippen LogP contribution in [0.5, 0.6) is 0 Å². The summed E-state index contributed by atoms with van der Waals surface area (Å²) in [6.45, 7) is 6.64. The van der Waals surface area contributed by atoms with E-state index in [0.29, 0.717) is 24.6 Å². The quantitative estimate of drug-likeness (QED) is 0.574. The second-order valence-electron chi connectivity index (χ2n) is 6.72. The number of aromatic nitrogens is 3. The lowest BCUT2D eigenvalue weighted by Crippen LogP contribution is -2.40. The Morgan fingerprint density at radius 2 is 2.15 bits per heavy atom. The number of carbonyl (C=O) groups is 1. The van der Waals surface area contributed by atoms with Gasteiger partial charge < -0.3 is 4.74 Å². The molecule has 26 heavy (non-hydrogen) atoms.